The first-order valence-corrected chi connectivity index (χ1v) is 6.97. The van der Waals surface area contributed by atoms with Gasteiger partial charge in [0.05, 0.1) is 12.1 Å². The highest BCUT2D eigenvalue weighted by molar-refractivity contribution is 5.99. The van der Waals surface area contributed by atoms with Crippen LogP contribution in [0.4, 0.5) is 14.5 Å². The van der Waals surface area contributed by atoms with Gasteiger partial charge in [-0.3, -0.25) is 9.59 Å². The summed E-state index contributed by atoms with van der Waals surface area (Å²) in [6.45, 7) is 3.56. The van der Waals surface area contributed by atoms with Gasteiger partial charge < -0.3 is 10.6 Å². The van der Waals surface area contributed by atoms with Gasteiger partial charge in [-0.05, 0) is 49.2 Å². The predicted octanol–water partition coefficient (Wildman–Crippen LogP) is 2.95. The van der Waals surface area contributed by atoms with E-state index in [1.54, 1.807) is 6.07 Å². The Labute approximate surface area is 132 Å². The van der Waals surface area contributed by atoms with Crippen LogP contribution in [0.5, 0.6) is 0 Å². The molecule has 2 aromatic carbocycles. The number of hydrogen-bond acceptors (Lipinski definition) is 2. The number of amides is 2. The topological polar surface area (TPSA) is 58.2 Å². The van der Waals surface area contributed by atoms with Gasteiger partial charge in [-0.2, -0.15) is 0 Å². The van der Waals surface area contributed by atoms with E-state index >= 15 is 0 Å². The molecule has 120 valence electrons. The van der Waals surface area contributed by atoms with E-state index in [0.29, 0.717) is 11.8 Å². The van der Waals surface area contributed by atoms with Crippen LogP contribution < -0.4 is 10.6 Å². The zero-order valence-corrected chi connectivity index (χ0v) is 12.7. The van der Waals surface area contributed by atoms with Crippen molar-refractivity contribution in [2.75, 3.05) is 11.9 Å². The molecular formula is C17H16F2N2O2. The van der Waals surface area contributed by atoms with E-state index in [2.05, 4.69) is 10.6 Å². The lowest BCUT2D eigenvalue weighted by atomic mass is 10.1. The van der Waals surface area contributed by atoms with Crippen molar-refractivity contribution in [2.45, 2.75) is 13.8 Å². The minimum Gasteiger partial charge on any atom is -0.343 e. The van der Waals surface area contributed by atoms with Crippen molar-refractivity contribution in [1.29, 1.82) is 0 Å². The second-order valence-corrected chi connectivity index (χ2v) is 5.15. The van der Waals surface area contributed by atoms with Gasteiger partial charge in [0, 0.05) is 11.8 Å². The maximum atomic E-state index is 13.5. The first-order valence-electron chi connectivity index (χ1n) is 6.97. The van der Waals surface area contributed by atoms with E-state index in [4.69, 9.17) is 0 Å². The maximum absolute atomic E-state index is 13.5. The summed E-state index contributed by atoms with van der Waals surface area (Å²) < 4.78 is 26.2. The normalized spacial score (nSPS) is 10.3. The van der Waals surface area contributed by atoms with Crippen LogP contribution in [0.25, 0.3) is 0 Å². The number of hydrogen-bond donors (Lipinski definition) is 2. The van der Waals surface area contributed by atoms with Gasteiger partial charge in [0.25, 0.3) is 5.91 Å². The summed E-state index contributed by atoms with van der Waals surface area (Å²) in [5.41, 5.74) is 2.42. The van der Waals surface area contributed by atoms with Crippen molar-refractivity contribution >= 4 is 17.5 Å². The van der Waals surface area contributed by atoms with E-state index < -0.39 is 23.4 Å². The van der Waals surface area contributed by atoms with Crippen LogP contribution in [0.1, 0.15) is 21.5 Å². The molecule has 23 heavy (non-hydrogen) atoms. The van der Waals surface area contributed by atoms with E-state index in [0.717, 1.165) is 23.3 Å². The lowest BCUT2D eigenvalue weighted by Gasteiger charge is -2.09. The fourth-order valence-corrected chi connectivity index (χ4v) is 1.95. The number of carbonyl (C=O) groups excluding carboxylic acids is 2. The third-order valence-corrected chi connectivity index (χ3v) is 3.38. The highest BCUT2D eigenvalue weighted by atomic mass is 19.1. The molecule has 0 fully saturated rings. The predicted molar refractivity (Wildman–Crippen MR) is 83.2 cm³/mol. The molecule has 0 aliphatic rings. The maximum Gasteiger partial charge on any atom is 0.254 e. The Morgan fingerprint density at radius 3 is 2.39 bits per heavy atom. The summed E-state index contributed by atoms with van der Waals surface area (Å²) in [7, 11) is 0. The molecule has 2 rings (SSSR count). The van der Waals surface area contributed by atoms with Crippen molar-refractivity contribution in [3.8, 4) is 0 Å². The average molecular weight is 318 g/mol. The molecule has 2 aromatic rings. The fourth-order valence-electron chi connectivity index (χ4n) is 1.95. The summed E-state index contributed by atoms with van der Waals surface area (Å²) in [4.78, 5) is 23.6. The molecule has 2 amide bonds. The Hall–Kier alpha value is -2.76. The zero-order valence-electron chi connectivity index (χ0n) is 12.7. The van der Waals surface area contributed by atoms with E-state index in [1.807, 2.05) is 26.0 Å². The molecule has 2 N–H and O–H groups in total. The summed E-state index contributed by atoms with van der Waals surface area (Å²) in [5.74, 6) is -2.97. The fraction of sp³-hybridized carbons (Fsp3) is 0.176. The number of carbonyl (C=O) groups is 2. The number of rotatable bonds is 4. The van der Waals surface area contributed by atoms with Crippen LogP contribution in [0.15, 0.2) is 36.4 Å². The third-order valence-electron chi connectivity index (χ3n) is 3.38. The molecular weight excluding hydrogens is 302 g/mol. The van der Waals surface area contributed by atoms with Gasteiger partial charge in [-0.25, -0.2) is 8.78 Å². The van der Waals surface area contributed by atoms with Gasteiger partial charge in [-0.15, -0.1) is 0 Å². The molecule has 0 unspecified atom stereocenters. The third kappa shape index (κ3) is 4.35. The van der Waals surface area contributed by atoms with Gasteiger partial charge in [0.15, 0.2) is 0 Å². The molecule has 0 aliphatic heterocycles. The smallest absolute Gasteiger partial charge is 0.254 e. The second kappa shape index (κ2) is 7.00. The van der Waals surface area contributed by atoms with Crippen LogP contribution >= 0.6 is 0 Å². The number of benzene rings is 2. The Kier molecular flexibility index (Phi) is 5.05. The van der Waals surface area contributed by atoms with Crippen molar-refractivity contribution in [3.63, 3.8) is 0 Å². The molecule has 0 aromatic heterocycles. The van der Waals surface area contributed by atoms with E-state index in [1.165, 1.54) is 0 Å². The minimum absolute atomic E-state index is 0.314. The van der Waals surface area contributed by atoms with Crippen molar-refractivity contribution in [3.05, 3.63) is 64.7 Å². The summed E-state index contributed by atoms with van der Waals surface area (Å²) in [5, 5.41) is 4.92. The molecule has 4 nitrogen and oxygen atoms in total. The summed E-state index contributed by atoms with van der Waals surface area (Å²) in [6.07, 6.45) is 0. The zero-order chi connectivity index (χ0) is 17.0. The standard InChI is InChI=1S/C17H16F2N2O2/c1-10-3-5-13(7-11(10)2)21-16(22)9-20-17(23)14-6-4-12(18)8-15(14)19/h3-8H,9H2,1-2H3,(H,20,23)(H,21,22). The van der Waals surface area contributed by atoms with E-state index in [9.17, 15) is 18.4 Å². The summed E-state index contributed by atoms with van der Waals surface area (Å²) >= 11 is 0. The van der Waals surface area contributed by atoms with Gasteiger partial charge in [0.1, 0.15) is 11.6 Å². The average Bonchev–Trinajstić information content (AvgIpc) is 2.48. The molecule has 0 spiro atoms. The second-order valence-electron chi connectivity index (χ2n) is 5.15. The van der Waals surface area contributed by atoms with Gasteiger partial charge in [-0.1, -0.05) is 6.07 Å². The molecule has 0 radical (unpaired) electrons. The minimum atomic E-state index is -0.975. The highest BCUT2D eigenvalue weighted by Crippen LogP contribution is 2.14. The number of nitrogens with one attached hydrogen (secondary N) is 2. The van der Waals surface area contributed by atoms with E-state index in [-0.39, 0.29) is 12.1 Å². The Balaban J connectivity index is 1.93. The molecule has 0 heterocycles. The van der Waals surface area contributed by atoms with Crippen LogP contribution in [0.3, 0.4) is 0 Å². The largest absolute Gasteiger partial charge is 0.343 e. The lowest BCUT2D eigenvalue weighted by Crippen LogP contribution is -2.33. The molecule has 0 saturated heterocycles. The Morgan fingerprint density at radius 2 is 1.74 bits per heavy atom. The van der Waals surface area contributed by atoms with Crippen LogP contribution in [-0.2, 0) is 4.79 Å². The van der Waals surface area contributed by atoms with Crippen molar-refractivity contribution in [2.24, 2.45) is 0 Å². The Bertz CT molecular complexity index is 760. The summed E-state index contributed by atoms with van der Waals surface area (Å²) in [6, 6.07) is 8.06. The first kappa shape index (κ1) is 16.6. The van der Waals surface area contributed by atoms with Crippen LogP contribution in [0, 0.1) is 25.5 Å². The monoisotopic (exact) mass is 318 g/mol. The van der Waals surface area contributed by atoms with Gasteiger partial charge in [0.2, 0.25) is 5.91 Å². The molecule has 0 atom stereocenters. The van der Waals surface area contributed by atoms with Crippen molar-refractivity contribution in [1.82, 2.24) is 5.32 Å². The molecule has 0 aliphatic carbocycles. The SMILES string of the molecule is Cc1ccc(NC(=O)CNC(=O)c2ccc(F)cc2F)cc1C. The number of anilines is 1. The Morgan fingerprint density at radius 1 is 1.00 bits per heavy atom. The first-order chi connectivity index (χ1) is 10.9. The molecule has 0 saturated carbocycles. The number of halogens is 2. The molecule has 0 bridgehead atoms. The highest BCUT2D eigenvalue weighted by Gasteiger charge is 2.13. The van der Waals surface area contributed by atoms with Crippen LogP contribution in [-0.4, -0.2) is 18.4 Å². The quantitative estimate of drug-likeness (QED) is 0.910. The van der Waals surface area contributed by atoms with Crippen molar-refractivity contribution < 1.29 is 18.4 Å². The number of aryl methyl sites for hydroxylation is 2. The lowest BCUT2D eigenvalue weighted by molar-refractivity contribution is -0.115. The molecule has 6 heteroatoms. The van der Waals surface area contributed by atoms with Gasteiger partial charge >= 0.3 is 0 Å². The van der Waals surface area contributed by atoms with Crippen LogP contribution in [0.2, 0.25) is 0 Å².